The molecule has 0 aliphatic heterocycles. The zero-order chi connectivity index (χ0) is 12.7. The van der Waals surface area contributed by atoms with E-state index in [-0.39, 0.29) is 0 Å². The highest BCUT2D eigenvalue weighted by Crippen LogP contribution is 2.48. The Labute approximate surface area is 110 Å². The van der Waals surface area contributed by atoms with Crippen LogP contribution in [0.4, 0.5) is 0 Å². The number of fused-ring (bicyclic) bond motifs is 2. The maximum absolute atomic E-state index is 12.4. The lowest BCUT2D eigenvalue weighted by molar-refractivity contribution is -0.123. The lowest BCUT2D eigenvalue weighted by Gasteiger charge is -2.20. The van der Waals surface area contributed by atoms with Crippen molar-refractivity contribution in [3.05, 3.63) is 34.9 Å². The van der Waals surface area contributed by atoms with Gasteiger partial charge in [-0.05, 0) is 61.6 Å². The molecule has 1 nitrogen and oxygen atoms in total. The Morgan fingerprint density at radius 2 is 2.00 bits per heavy atom. The van der Waals surface area contributed by atoms with Gasteiger partial charge in [0.2, 0.25) is 0 Å². The summed E-state index contributed by atoms with van der Waals surface area (Å²) in [6.07, 6.45) is 5.82. The second-order valence-electron chi connectivity index (χ2n) is 6.34. The summed E-state index contributed by atoms with van der Waals surface area (Å²) in [5.41, 5.74) is 3.81. The third kappa shape index (κ3) is 2.11. The van der Waals surface area contributed by atoms with Gasteiger partial charge in [0.25, 0.3) is 0 Å². The fourth-order valence-electron chi connectivity index (χ4n) is 3.88. The molecule has 0 amide bonds. The smallest absolute Gasteiger partial charge is 0.140 e. The van der Waals surface area contributed by atoms with Crippen molar-refractivity contribution in [1.29, 1.82) is 0 Å². The van der Waals surface area contributed by atoms with Crippen LogP contribution < -0.4 is 0 Å². The van der Waals surface area contributed by atoms with E-state index >= 15 is 0 Å². The van der Waals surface area contributed by atoms with Crippen LogP contribution in [0.25, 0.3) is 0 Å². The quantitative estimate of drug-likeness (QED) is 0.786. The number of carbonyl (C=O) groups excluding carboxylic acids is 1. The zero-order valence-electron chi connectivity index (χ0n) is 11.4. The van der Waals surface area contributed by atoms with E-state index in [0.29, 0.717) is 24.0 Å². The molecule has 0 spiro atoms. The van der Waals surface area contributed by atoms with E-state index in [2.05, 4.69) is 32.0 Å². The van der Waals surface area contributed by atoms with Crippen LogP contribution in [0, 0.1) is 31.6 Å². The number of rotatable bonds is 3. The molecule has 3 atom stereocenters. The largest absolute Gasteiger partial charge is 0.299 e. The van der Waals surface area contributed by atoms with E-state index in [1.165, 1.54) is 42.4 Å². The highest BCUT2D eigenvalue weighted by Gasteiger charge is 2.42. The highest BCUT2D eigenvalue weighted by atomic mass is 16.1. The van der Waals surface area contributed by atoms with Crippen molar-refractivity contribution < 1.29 is 4.79 Å². The summed E-state index contributed by atoms with van der Waals surface area (Å²) in [4.78, 5) is 12.4. The molecule has 2 bridgehead atoms. The van der Waals surface area contributed by atoms with E-state index in [9.17, 15) is 4.79 Å². The summed E-state index contributed by atoms with van der Waals surface area (Å²) in [7, 11) is 0. The standard InChI is InChI=1S/C17H22O/c1-11-3-4-13(7-12(11)2)10-17(18)16-9-14-5-6-15(16)8-14/h3-4,7,14-16H,5-6,8-10H2,1-2H3. The SMILES string of the molecule is Cc1ccc(CC(=O)C2CC3CCC2C3)cc1C. The molecule has 3 unspecified atom stereocenters. The average Bonchev–Trinajstić information content (AvgIpc) is 2.96. The molecule has 1 aromatic rings. The first kappa shape index (κ1) is 12.0. The molecule has 18 heavy (non-hydrogen) atoms. The Morgan fingerprint density at radius 1 is 1.17 bits per heavy atom. The van der Waals surface area contributed by atoms with E-state index in [0.717, 1.165) is 5.92 Å². The van der Waals surface area contributed by atoms with Crippen LogP contribution in [0.15, 0.2) is 18.2 Å². The minimum Gasteiger partial charge on any atom is -0.299 e. The van der Waals surface area contributed by atoms with E-state index in [4.69, 9.17) is 0 Å². The third-order valence-electron chi connectivity index (χ3n) is 5.10. The molecule has 0 saturated heterocycles. The van der Waals surface area contributed by atoms with Crippen LogP contribution in [-0.2, 0) is 11.2 Å². The molecule has 2 aliphatic rings. The number of aryl methyl sites for hydroxylation is 2. The number of carbonyl (C=O) groups is 1. The Bertz CT molecular complexity index is 474. The number of ketones is 1. The molecule has 3 rings (SSSR count). The number of benzene rings is 1. The lowest BCUT2D eigenvalue weighted by Crippen LogP contribution is -2.22. The van der Waals surface area contributed by atoms with Gasteiger partial charge in [-0.15, -0.1) is 0 Å². The van der Waals surface area contributed by atoms with Gasteiger partial charge in [-0.3, -0.25) is 4.79 Å². The van der Waals surface area contributed by atoms with Gasteiger partial charge in [-0.2, -0.15) is 0 Å². The Kier molecular flexibility index (Phi) is 3.01. The number of hydrogen-bond donors (Lipinski definition) is 0. The molecule has 96 valence electrons. The van der Waals surface area contributed by atoms with Gasteiger partial charge in [-0.1, -0.05) is 24.6 Å². The van der Waals surface area contributed by atoms with Crippen molar-refractivity contribution in [1.82, 2.24) is 0 Å². The maximum atomic E-state index is 12.4. The minimum absolute atomic E-state index is 0.380. The number of Topliss-reactive ketones (excluding diaryl/α,β-unsaturated/α-hetero) is 1. The molecule has 1 heteroatoms. The minimum atomic E-state index is 0.380. The molecule has 2 aliphatic carbocycles. The van der Waals surface area contributed by atoms with Crippen molar-refractivity contribution in [2.45, 2.75) is 46.0 Å². The predicted octanol–water partition coefficient (Wildman–Crippen LogP) is 3.85. The van der Waals surface area contributed by atoms with Gasteiger partial charge >= 0.3 is 0 Å². The van der Waals surface area contributed by atoms with Gasteiger partial charge in [0.05, 0.1) is 0 Å². The predicted molar refractivity (Wildman–Crippen MR) is 73.6 cm³/mol. The fraction of sp³-hybridized carbons (Fsp3) is 0.588. The van der Waals surface area contributed by atoms with E-state index in [1.54, 1.807) is 0 Å². The molecule has 2 fully saturated rings. The zero-order valence-corrected chi connectivity index (χ0v) is 11.4. The van der Waals surface area contributed by atoms with Crippen molar-refractivity contribution in [2.75, 3.05) is 0 Å². The molecule has 0 heterocycles. The summed E-state index contributed by atoms with van der Waals surface area (Å²) in [5.74, 6) is 2.45. The molecular formula is C17H22O. The van der Waals surface area contributed by atoms with Gasteiger partial charge in [0.1, 0.15) is 5.78 Å². The van der Waals surface area contributed by atoms with Crippen molar-refractivity contribution >= 4 is 5.78 Å². The maximum Gasteiger partial charge on any atom is 0.140 e. The summed E-state index contributed by atoms with van der Waals surface area (Å²) in [5, 5.41) is 0. The van der Waals surface area contributed by atoms with Crippen LogP contribution >= 0.6 is 0 Å². The fourth-order valence-corrected chi connectivity index (χ4v) is 3.88. The third-order valence-corrected chi connectivity index (χ3v) is 5.10. The highest BCUT2D eigenvalue weighted by molar-refractivity contribution is 5.84. The van der Waals surface area contributed by atoms with Crippen molar-refractivity contribution in [3.8, 4) is 0 Å². The first-order chi connectivity index (χ1) is 8.63. The van der Waals surface area contributed by atoms with Crippen LogP contribution in [-0.4, -0.2) is 5.78 Å². The van der Waals surface area contributed by atoms with Gasteiger partial charge < -0.3 is 0 Å². The summed E-state index contributed by atoms with van der Waals surface area (Å²) < 4.78 is 0. The second kappa shape index (κ2) is 4.53. The molecule has 0 aromatic heterocycles. The summed E-state index contributed by atoms with van der Waals surface area (Å²) in [6, 6.07) is 6.44. The van der Waals surface area contributed by atoms with Crippen LogP contribution in [0.2, 0.25) is 0 Å². The van der Waals surface area contributed by atoms with E-state index < -0.39 is 0 Å². The lowest BCUT2D eigenvalue weighted by atomic mass is 9.83. The van der Waals surface area contributed by atoms with Crippen LogP contribution in [0.1, 0.15) is 42.4 Å². The monoisotopic (exact) mass is 242 g/mol. The van der Waals surface area contributed by atoms with Crippen molar-refractivity contribution in [2.24, 2.45) is 17.8 Å². The van der Waals surface area contributed by atoms with Gasteiger partial charge in [-0.25, -0.2) is 0 Å². The average molecular weight is 242 g/mol. The van der Waals surface area contributed by atoms with E-state index in [1.807, 2.05) is 0 Å². The second-order valence-corrected chi connectivity index (χ2v) is 6.34. The summed E-state index contributed by atoms with van der Waals surface area (Å²) >= 11 is 0. The summed E-state index contributed by atoms with van der Waals surface area (Å²) in [6.45, 7) is 4.25. The molecule has 1 aromatic carbocycles. The molecule has 0 N–H and O–H groups in total. The van der Waals surface area contributed by atoms with Crippen molar-refractivity contribution in [3.63, 3.8) is 0 Å². The molecule has 0 radical (unpaired) electrons. The first-order valence-corrected chi connectivity index (χ1v) is 7.22. The first-order valence-electron chi connectivity index (χ1n) is 7.22. The Balaban J connectivity index is 1.69. The normalized spacial score (nSPS) is 29.8. The molecular weight excluding hydrogens is 220 g/mol. The molecule has 2 saturated carbocycles. The Morgan fingerprint density at radius 3 is 2.61 bits per heavy atom. The van der Waals surface area contributed by atoms with Crippen LogP contribution in [0.5, 0.6) is 0 Å². The Hall–Kier alpha value is -1.11. The topological polar surface area (TPSA) is 17.1 Å². The van der Waals surface area contributed by atoms with Gasteiger partial charge in [0, 0.05) is 12.3 Å². The number of hydrogen-bond acceptors (Lipinski definition) is 1. The van der Waals surface area contributed by atoms with Gasteiger partial charge in [0.15, 0.2) is 0 Å². The van der Waals surface area contributed by atoms with Crippen LogP contribution in [0.3, 0.4) is 0 Å².